The molecule has 0 bridgehead atoms. The van der Waals surface area contributed by atoms with Crippen LogP contribution in [0.5, 0.6) is 0 Å². The Bertz CT molecular complexity index is 1080. The number of alkyl halides is 3. The van der Waals surface area contributed by atoms with E-state index < -0.39 is 18.2 Å². The number of nitrogen functional groups attached to an aromatic ring is 2. The van der Waals surface area contributed by atoms with Gasteiger partial charge < -0.3 is 16.2 Å². The number of anilines is 3. The summed E-state index contributed by atoms with van der Waals surface area (Å²) < 4.78 is 45.7. The number of ether oxygens (including phenoxy) is 1. The molecule has 0 fully saturated rings. The summed E-state index contributed by atoms with van der Waals surface area (Å²) in [6.07, 6.45) is -4.98. The largest absolute Gasteiger partial charge is 0.491 e. The Hall–Kier alpha value is -3.34. The number of carbonyl (C=O) groups excluding carboxylic acids is 2. The lowest BCUT2D eigenvalue weighted by Crippen LogP contribution is -2.43. The molecule has 3 aromatic rings. The number of halogens is 3. The van der Waals surface area contributed by atoms with Crippen molar-refractivity contribution in [2.45, 2.75) is 13.2 Å². The third kappa shape index (κ3) is 3.81. The second-order valence-corrected chi connectivity index (χ2v) is 6.78. The fraction of sp³-hybridized carbons (Fsp3) is 0.167. The molecule has 1 amide bonds. The van der Waals surface area contributed by atoms with E-state index in [1.165, 1.54) is 24.3 Å². The zero-order valence-electron chi connectivity index (χ0n) is 15.0. The molecule has 0 aliphatic rings. The topological polar surface area (TPSA) is 112 Å². The van der Waals surface area contributed by atoms with Gasteiger partial charge in [0, 0.05) is 5.39 Å². The van der Waals surface area contributed by atoms with Crippen molar-refractivity contribution < 1.29 is 27.5 Å². The van der Waals surface area contributed by atoms with Crippen molar-refractivity contribution in [3.8, 4) is 0 Å². The Labute approximate surface area is 166 Å². The molecule has 0 atom stereocenters. The van der Waals surface area contributed by atoms with Gasteiger partial charge in [0.05, 0.1) is 18.0 Å². The summed E-state index contributed by atoms with van der Waals surface area (Å²) in [5.74, 6) is -2.29. The van der Waals surface area contributed by atoms with Gasteiger partial charge in [-0.1, -0.05) is 18.2 Å². The van der Waals surface area contributed by atoms with E-state index in [-0.39, 0.29) is 49.4 Å². The summed E-state index contributed by atoms with van der Waals surface area (Å²) in [6, 6.07) is 7.86. The third-order valence-corrected chi connectivity index (χ3v) is 5.01. The van der Waals surface area contributed by atoms with Crippen LogP contribution in [0.3, 0.4) is 0 Å². The minimum atomic E-state index is -4.98. The second kappa shape index (κ2) is 7.59. The lowest BCUT2D eigenvalue weighted by molar-refractivity contribution is -0.122. The van der Waals surface area contributed by atoms with Crippen molar-refractivity contribution in [2.75, 3.05) is 23.0 Å². The maximum atomic E-state index is 13.6. The van der Waals surface area contributed by atoms with Gasteiger partial charge in [0.15, 0.2) is 0 Å². The number of aromatic nitrogens is 1. The maximum Gasteiger partial charge on any atom is 0.491 e. The number of rotatable bonds is 4. The average Bonchev–Trinajstić information content (AvgIpc) is 2.96. The van der Waals surface area contributed by atoms with Crippen LogP contribution in [0.25, 0.3) is 10.2 Å². The number of nitrogens with two attached hydrogens (primary N) is 2. The molecule has 3 rings (SSSR count). The summed E-state index contributed by atoms with van der Waals surface area (Å²) in [5.41, 5.74) is 11.0. The monoisotopic (exact) mass is 424 g/mol. The number of amides is 1. The van der Waals surface area contributed by atoms with Gasteiger partial charge in [0.25, 0.3) is 5.91 Å². The van der Waals surface area contributed by atoms with Crippen LogP contribution in [-0.4, -0.2) is 29.8 Å². The van der Waals surface area contributed by atoms with Crippen molar-refractivity contribution in [1.82, 2.24) is 4.98 Å². The van der Waals surface area contributed by atoms with Crippen LogP contribution in [0.2, 0.25) is 0 Å². The van der Waals surface area contributed by atoms with Crippen molar-refractivity contribution in [1.29, 1.82) is 0 Å². The molecule has 0 spiro atoms. The number of nitrogens with zero attached hydrogens (tertiary/aromatic N) is 2. The van der Waals surface area contributed by atoms with Crippen molar-refractivity contribution >= 4 is 50.6 Å². The number of hydrogen-bond donors (Lipinski definition) is 2. The zero-order chi connectivity index (χ0) is 21.3. The molecule has 29 heavy (non-hydrogen) atoms. The summed E-state index contributed by atoms with van der Waals surface area (Å²) >= 11 is 0.660. The summed E-state index contributed by atoms with van der Waals surface area (Å²) in [7, 11) is 0. The first kappa shape index (κ1) is 20.4. The first-order chi connectivity index (χ1) is 13.6. The lowest BCUT2D eigenvalue weighted by Gasteiger charge is -2.24. The van der Waals surface area contributed by atoms with Gasteiger partial charge in [0.1, 0.15) is 21.1 Å². The van der Waals surface area contributed by atoms with Crippen LogP contribution in [-0.2, 0) is 4.74 Å². The molecule has 1 aromatic carbocycles. The molecule has 152 valence electrons. The number of esters is 1. The number of para-hydroxylation sites is 1. The van der Waals surface area contributed by atoms with Gasteiger partial charge in [-0.3, -0.25) is 4.79 Å². The van der Waals surface area contributed by atoms with Gasteiger partial charge in [-0.25, -0.2) is 14.7 Å². The molecule has 0 aliphatic heterocycles. The average molecular weight is 424 g/mol. The van der Waals surface area contributed by atoms with Crippen molar-refractivity contribution in [3.05, 3.63) is 46.8 Å². The first-order valence-corrected chi connectivity index (χ1v) is 9.08. The van der Waals surface area contributed by atoms with Gasteiger partial charge in [0.2, 0.25) is 0 Å². The predicted molar refractivity (Wildman–Crippen MR) is 104 cm³/mol. The molecular formula is C18H15F3N4O3S. The van der Waals surface area contributed by atoms with Gasteiger partial charge in [-0.15, -0.1) is 24.5 Å². The van der Waals surface area contributed by atoms with Gasteiger partial charge >= 0.3 is 12.3 Å². The van der Waals surface area contributed by atoms with E-state index in [1.807, 2.05) is 0 Å². The van der Waals surface area contributed by atoms with Crippen LogP contribution in [0.1, 0.15) is 27.0 Å². The predicted octanol–water partition coefficient (Wildman–Crippen LogP) is 3.80. The van der Waals surface area contributed by atoms with E-state index in [4.69, 9.17) is 16.2 Å². The first-order valence-electron chi connectivity index (χ1n) is 8.27. The van der Waals surface area contributed by atoms with Crippen LogP contribution in [0.15, 0.2) is 36.4 Å². The maximum absolute atomic E-state index is 13.6. The van der Waals surface area contributed by atoms with Crippen LogP contribution in [0.4, 0.5) is 30.4 Å². The minimum Gasteiger partial charge on any atom is -0.462 e. The second-order valence-electron chi connectivity index (χ2n) is 5.78. The molecular weight excluding hydrogens is 409 g/mol. The molecule has 11 heteroatoms. The smallest absolute Gasteiger partial charge is 0.462 e. The molecule has 0 unspecified atom stereocenters. The molecule has 0 aliphatic carbocycles. The van der Waals surface area contributed by atoms with Gasteiger partial charge in [-0.05, 0) is 25.1 Å². The fourth-order valence-electron chi connectivity index (χ4n) is 2.64. The molecule has 0 saturated carbocycles. The Morgan fingerprint density at radius 2 is 1.86 bits per heavy atom. The van der Waals surface area contributed by atoms with E-state index in [0.717, 1.165) is 12.1 Å². The quantitative estimate of drug-likeness (QED) is 0.487. The van der Waals surface area contributed by atoms with Crippen LogP contribution < -0.4 is 16.4 Å². The van der Waals surface area contributed by atoms with E-state index in [2.05, 4.69) is 4.98 Å². The highest BCUT2D eigenvalue weighted by Crippen LogP contribution is 2.38. The SMILES string of the molecule is CCOC(=O)c1cc2c(N)c(C(=O)N(c3ccccc3)C(F)(F)F)sc2nc1N. The van der Waals surface area contributed by atoms with Crippen LogP contribution in [0, 0.1) is 0 Å². The normalized spacial score (nSPS) is 11.4. The van der Waals surface area contributed by atoms with Crippen LogP contribution >= 0.6 is 11.3 Å². The number of benzene rings is 1. The Morgan fingerprint density at radius 3 is 2.45 bits per heavy atom. The number of fused-ring (bicyclic) bond motifs is 1. The Morgan fingerprint density at radius 1 is 1.21 bits per heavy atom. The highest BCUT2D eigenvalue weighted by Gasteiger charge is 2.44. The molecule has 0 saturated heterocycles. The fourth-order valence-corrected chi connectivity index (χ4v) is 3.66. The molecule has 2 heterocycles. The molecule has 7 nitrogen and oxygen atoms in total. The zero-order valence-corrected chi connectivity index (χ0v) is 15.8. The third-order valence-electron chi connectivity index (χ3n) is 3.91. The highest BCUT2D eigenvalue weighted by molar-refractivity contribution is 7.21. The molecule has 4 N–H and O–H groups in total. The standard InChI is InChI=1S/C18H15F3N4O3S/c1-2-28-17(27)11-8-10-12(22)13(29-15(10)24-14(11)23)16(26)25(18(19,20)21)9-6-4-3-5-7-9/h3-8H,2,22H2,1H3,(H2,23,24). The summed E-state index contributed by atoms with van der Waals surface area (Å²) in [5, 5.41) is 0.144. The van der Waals surface area contributed by atoms with E-state index in [0.29, 0.717) is 11.3 Å². The Kier molecular flexibility index (Phi) is 5.33. The number of carbonyl (C=O) groups is 2. The number of thiophene rings is 1. The van der Waals surface area contributed by atoms with E-state index in [1.54, 1.807) is 6.92 Å². The summed E-state index contributed by atoms with van der Waals surface area (Å²) in [6.45, 7) is 1.70. The lowest BCUT2D eigenvalue weighted by atomic mass is 10.2. The Balaban J connectivity index is 2.12. The minimum absolute atomic E-state index is 0.0846. The van der Waals surface area contributed by atoms with E-state index >= 15 is 0 Å². The summed E-state index contributed by atoms with van der Waals surface area (Å²) in [4.78, 5) is 28.2. The number of pyridine rings is 1. The van der Waals surface area contributed by atoms with Crippen molar-refractivity contribution in [2.24, 2.45) is 0 Å². The highest BCUT2D eigenvalue weighted by atomic mass is 32.1. The van der Waals surface area contributed by atoms with Gasteiger partial charge in [-0.2, -0.15) is 0 Å². The number of hydrogen-bond acceptors (Lipinski definition) is 7. The molecule has 0 radical (unpaired) electrons. The van der Waals surface area contributed by atoms with Crippen molar-refractivity contribution in [3.63, 3.8) is 0 Å². The van der Waals surface area contributed by atoms with E-state index in [9.17, 15) is 22.8 Å². The molecule has 2 aromatic heterocycles.